The van der Waals surface area contributed by atoms with Crippen LogP contribution in [0.2, 0.25) is 0 Å². The van der Waals surface area contributed by atoms with Crippen LogP contribution in [0.25, 0.3) is 0 Å². The Kier molecular flexibility index (Phi) is 3.31. The number of amides is 1. The second-order valence-corrected chi connectivity index (χ2v) is 3.50. The van der Waals surface area contributed by atoms with Gasteiger partial charge in [-0.2, -0.15) is 0 Å². The van der Waals surface area contributed by atoms with Gasteiger partial charge < -0.3 is 5.32 Å². The maximum atomic E-state index is 11.8. The number of carbonyl (C=O) groups is 1. The molecular formula is C14H10NO2. The maximum Gasteiger partial charge on any atom is 0.255 e. The van der Waals surface area contributed by atoms with Gasteiger partial charge in [-0.25, -0.2) is 0 Å². The van der Waals surface area contributed by atoms with Crippen molar-refractivity contribution in [3.05, 3.63) is 65.7 Å². The number of rotatable bonds is 3. The Hall–Kier alpha value is -2.42. The van der Waals surface area contributed by atoms with Crippen molar-refractivity contribution >= 4 is 17.9 Å². The molecule has 0 aliphatic carbocycles. The van der Waals surface area contributed by atoms with E-state index in [1.54, 1.807) is 54.8 Å². The molecule has 3 heteroatoms. The van der Waals surface area contributed by atoms with Gasteiger partial charge in [0.2, 0.25) is 6.29 Å². The summed E-state index contributed by atoms with van der Waals surface area (Å²) in [5, 5.41) is 2.74. The zero-order chi connectivity index (χ0) is 12.1. The first-order valence-electron chi connectivity index (χ1n) is 5.14. The summed E-state index contributed by atoms with van der Waals surface area (Å²) in [6.45, 7) is 0. The van der Waals surface area contributed by atoms with E-state index in [1.165, 1.54) is 0 Å². The average molecular weight is 224 g/mol. The van der Waals surface area contributed by atoms with Crippen LogP contribution >= 0.6 is 0 Å². The third kappa shape index (κ3) is 2.78. The molecule has 1 amide bonds. The van der Waals surface area contributed by atoms with Gasteiger partial charge in [-0.3, -0.25) is 9.59 Å². The molecule has 17 heavy (non-hydrogen) atoms. The largest absolute Gasteiger partial charge is 0.322 e. The number of carbonyl (C=O) groups excluding carboxylic acids is 2. The Bertz CT molecular complexity index is 518. The molecule has 0 aliphatic heterocycles. The molecule has 0 unspecified atom stereocenters. The van der Waals surface area contributed by atoms with E-state index >= 15 is 0 Å². The Morgan fingerprint density at radius 1 is 0.941 bits per heavy atom. The summed E-state index contributed by atoms with van der Waals surface area (Å²) in [5.74, 6) is -0.173. The third-order valence-corrected chi connectivity index (χ3v) is 2.30. The summed E-state index contributed by atoms with van der Waals surface area (Å²) in [5.41, 5.74) is 1.71. The lowest BCUT2D eigenvalue weighted by Crippen LogP contribution is -2.11. The SMILES string of the molecule is O=[C]c1ccc(NC(=O)c2ccccc2)cc1. The molecule has 2 aromatic carbocycles. The van der Waals surface area contributed by atoms with E-state index in [9.17, 15) is 9.59 Å². The number of benzene rings is 2. The normalized spacial score (nSPS) is 9.65. The average Bonchev–Trinajstić information content (AvgIpc) is 2.40. The van der Waals surface area contributed by atoms with Gasteiger partial charge >= 0.3 is 0 Å². The molecule has 1 radical (unpaired) electrons. The molecule has 0 heterocycles. The Labute approximate surface area is 99.1 Å². The van der Waals surface area contributed by atoms with Crippen LogP contribution in [0, 0.1) is 0 Å². The highest BCUT2D eigenvalue weighted by Gasteiger charge is 2.04. The third-order valence-electron chi connectivity index (χ3n) is 2.30. The van der Waals surface area contributed by atoms with Gasteiger partial charge in [0, 0.05) is 16.8 Å². The molecule has 0 bridgehead atoms. The lowest BCUT2D eigenvalue weighted by atomic mass is 10.2. The fraction of sp³-hybridized carbons (Fsp3) is 0. The van der Waals surface area contributed by atoms with Gasteiger partial charge in [0.15, 0.2) is 0 Å². The van der Waals surface area contributed by atoms with Crippen LogP contribution in [-0.4, -0.2) is 12.2 Å². The summed E-state index contributed by atoms with van der Waals surface area (Å²) in [6.07, 6.45) is 1.78. The first-order valence-corrected chi connectivity index (χ1v) is 5.14. The smallest absolute Gasteiger partial charge is 0.255 e. The van der Waals surface area contributed by atoms with E-state index in [0.717, 1.165) is 0 Å². The van der Waals surface area contributed by atoms with Crippen LogP contribution in [0.1, 0.15) is 15.9 Å². The minimum atomic E-state index is -0.173. The second kappa shape index (κ2) is 5.07. The highest BCUT2D eigenvalue weighted by atomic mass is 16.1. The monoisotopic (exact) mass is 224 g/mol. The summed E-state index contributed by atoms with van der Waals surface area (Å²) >= 11 is 0. The van der Waals surface area contributed by atoms with Crippen LogP contribution in [0.4, 0.5) is 5.69 Å². The quantitative estimate of drug-likeness (QED) is 0.870. The van der Waals surface area contributed by atoms with Crippen molar-refractivity contribution in [1.29, 1.82) is 0 Å². The van der Waals surface area contributed by atoms with E-state index in [-0.39, 0.29) is 5.91 Å². The van der Waals surface area contributed by atoms with Crippen LogP contribution in [0.5, 0.6) is 0 Å². The standard InChI is InChI=1S/C14H10NO2/c16-10-11-6-8-13(9-7-11)15-14(17)12-4-2-1-3-5-12/h1-9H,(H,15,17). The van der Waals surface area contributed by atoms with Gasteiger partial charge in [-0.05, 0) is 36.4 Å². The minimum Gasteiger partial charge on any atom is -0.322 e. The number of anilines is 1. The predicted octanol–water partition coefficient (Wildman–Crippen LogP) is 2.40. The zero-order valence-electron chi connectivity index (χ0n) is 9.01. The van der Waals surface area contributed by atoms with Crippen LogP contribution in [0.3, 0.4) is 0 Å². The minimum absolute atomic E-state index is 0.173. The van der Waals surface area contributed by atoms with Gasteiger partial charge in [0.1, 0.15) is 0 Å². The number of hydrogen-bond donors (Lipinski definition) is 1. The van der Waals surface area contributed by atoms with Crippen LogP contribution < -0.4 is 5.32 Å². The van der Waals surface area contributed by atoms with E-state index < -0.39 is 0 Å². The molecule has 2 rings (SSSR count). The van der Waals surface area contributed by atoms with Crippen LogP contribution in [-0.2, 0) is 4.79 Å². The van der Waals surface area contributed by atoms with Crippen molar-refractivity contribution in [2.24, 2.45) is 0 Å². The van der Waals surface area contributed by atoms with Crippen molar-refractivity contribution in [2.45, 2.75) is 0 Å². The van der Waals surface area contributed by atoms with Crippen molar-refractivity contribution in [3.63, 3.8) is 0 Å². The predicted molar refractivity (Wildman–Crippen MR) is 65.6 cm³/mol. The molecular weight excluding hydrogens is 214 g/mol. The topological polar surface area (TPSA) is 46.2 Å². The Morgan fingerprint density at radius 3 is 2.18 bits per heavy atom. The van der Waals surface area contributed by atoms with Crippen LogP contribution in [0.15, 0.2) is 54.6 Å². The van der Waals surface area contributed by atoms with Crippen molar-refractivity contribution < 1.29 is 9.59 Å². The fourth-order valence-corrected chi connectivity index (χ4v) is 1.41. The first-order chi connectivity index (χ1) is 8.29. The molecule has 0 fully saturated rings. The molecule has 83 valence electrons. The molecule has 2 aromatic rings. The molecule has 0 atom stereocenters. The highest BCUT2D eigenvalue weighted by molar-refractivity contribution is 6.04. The zero-order valence-corrected chi connectivity index (χ0v) is 9.01. The van der Waals surface area contributed by atoms with Gasteiger partial charge in [0.25, 0.3) is 5.91 Å². The summed E-state index contributed by atoms with van der Waals surface area (Å²) < 4.78 is 0. The van der Waals surface area contributed by atoms with E-state index in [4.69, 9.17) is 0 Å². The second-order valence-electron chi connectivity index (χ2n) is 3.50. The Balaban J connectivity index is 2.10. The summed E-state index contributed by atoms with van der Waals surface area (Å²) in [6, 6.07) is 15.5. The molecule has 0 spiro atoms. The molecule has 0 saturated heterocycles. The molecule has 3 nitrogen and oxygen atoms in total. The Morgan fingerprint density at radius 2 is 1.59 bits per heavy atom. The van der Waals surface area contributed by atoms with Crippen molar-refractivity contribution in [2.75, 3.05) is 5.32 Å². The van der Waals surface area contributed by atoms with E-state index in [0.29, 0.717) is 16.8 Å². The van der Waals surface area contributed by atoms with E-state index in [1.807, 2.05) is 6.07 Å². The van der Waals surface area contributed by atoms with E-state index in [2.05, 4.69) is 5.32 Å². The number of hydrogen-bond acceptors (Lipinski definition) is 2. The lowest BCUT2D eigenvalue weighted by Gasteiger charge is -2.04. The van der Waals surface area contributed by atoms with Gasteiger partial charge in [-0.1, -0.05) is 18.2 Å². The molecule has 1 N–H and O–H groups in total. The molecule has 0 saturated carbocycles. The van der Waals surface area contributed by atoms with Crippen molar-refractivity contribution in [3.8, 4) is 0 Å². The highest BCUT2D eigenvalue weighted by Crippen LogP contribution is 2.10. The van der Waals surface area contributed by atoms with Gasteiger partial charge in [-0.15, -0.1) is 0 Å². The first kappa shape index (κ1) is 11.1. The fourth-order valence-electron chi connectivity index (χ4n) is 1.41. The summed E-state index contributed by atoms with van der Waals surface area (Å²) in [7, 11) is 0. The van der Waals surface area contributed by atoms with Crippen molar-refractivity contribution in [1.82, 2.24) is 0 Å². The maximum absolute atomic E-state index is 11.8. The van der Waals surface area contributed by atoms with Gasteiger partial charge in [0.05, 0.1) is 0 Å². The molecule has 0 aromatic heterocycles. The number of nitrogens with one attached hydrogen (secondary N) is 1. The lowest BCUT2D eigenvalue weighted by molar-refractivity contribution is 0.102. The summed E-state index contributed by atoms with van der Waals surface area (Å²) in [4.78, 5) is 22.1. The molecule has 0 aliphatic rings.